The first kappa shape index (κ1) is 22.3. The molecule has 6 heteroatoms. The number of hydrogen-bond acceptors (Lipinski definition) is 4. The highest BCUT2D eigenvalue weighted by Crippen LogP contribution is 2.28. The molecular weight excluding hydrogens is 378 g/mol. The molecule has 0 spiro atoms. The Balaban J connectivity index is 1.46. The lowest BCUT2D eigenvalue weighted by Gasteiger charge is -2.33. The fourth-order valence-corrected chi connectivity index (χ4v) is 4.49. The molecule has 1 aliphatic carbocycles. The van der Waals surface area contributed by atoms with Crippen molar-refractivity contribution in [3.8, 4) is 5.75 Å². The van der Waals surface area contributed by atoms with E-state index in [9.17, 15) is 9.59 Å². The normalized spacial score (nSPS) is 20.4. The van der Waals surface area contributed by atoms with Crippen LogP contribution in [0.2, 0.25) is 0 Å². The van der Waals surface area contributed by atoms with Gasteiger partial charge in [-0.2, -0.15) is 0 Å². The maximum Gasteiger partial charge on any atom is 0.237 e. The molecular formula is C24H35N3O3. The van der Waals surface area contributed by atoms with Gasteiger partial charge in [-0.05, 0) is 24.8 Å². The largest absolute Gasteiger partial charge is 0.496 e. The van der Waals surface area contributed by atoms with E-state index >= 15 is 0 Å². The van der Waals surface area contributed by atoms with Crippen molar-refractivity contribution < 1.29 is 14.3 Å². The molecule has 0 radical (unpaired) electrons. The summed E-state index contributed by atoms with van der Waals surface area (Å²) in [6, 6.07) is 7.41. The van der Waals surface area contributed by atoms with Gasteiger partial charge < -0.3 is 15.4 Å². The number of hydrogen-bond donors (Lipinski definition) is 2. The first-order valence-electron chi connectivity index (χ1n) is 11.3. The molecule has 1 saturated carbocycles. The van der Waals surface area contributed by atoms with E-state index in [1.807, 2.05) is 36.4 Å². The average molecular weight is 414 g/mol. The number of piperazine rings is 1. The smallest absolute Gasteiger partial charge is 0.237 e. The van der Waals surface area contributed by atoms with Crippen LogP contribution in [0.15, 0.2) is 30.3 Å². The van der Waals surface area contributed by atoms with Gasteiger partial charge >= 0.3 is 0 Å². The van der Waals surface area contributed by atoms with E-state index in [1.165, 1.54) is 32.1 Å². The maximum atomic E-state index is 12.4. The highest BCUT2D eigenvalue weighted by Gasteiger charge is 2.30. The number of benzene rings is 1. The van der Waals surface area contributed by atoms with Crippen molar-refractivity contribution in [2.45, 2.75) is 51.0 Å². The molecule has 1 saturated heterocycles. The van der Waals surface area contributed by atoms with Gasteiger partial charge in [0.25, 0.3) is 0 Å². The zero-order valence-electron chi connectivity index (χ0n) is 18.1. The molecule has 0 bridgehead atoms. The first-order valence-corrected chi connectivity index (χ1v) is 11.3. The van der Waals surface area contributed by atoms with Crippen LogP contribution in [0.25, 0.3) is 6.08 Å². The summed E-state index contributed by atoms with van der Waals surface area (Å²) in [5.74, 6) is 1.56. The number of carbonyl (C=O) groups is 2. The number of nitrogens with zero attached hydrogens (tertiary/aromatic N) is 1. The summed E-state index contributed by atoms with van der Waals surface area (Å²) in [7, 11) is 1.66. The van der Waals surface area contributed by atoms with E-state index in [0.717, 1.165) is 30.2 Å². The molecule has 2 N–H and O–H groups in total. The molecule has 1 aromatic rings. The molecule has 1 heterocycles. The first-order chi connectivity index (χ1) is 14.7. The zero-order valence-corrected chi connectivity index (χ0v) is 18.1. The van der Waals surface area contributed by atoms with E-state index in [0.29, 0.717) is 19.6 Å². The third kappa shape index (κ3) is 6.59. The Morgan fingerprint density at radius 1 is 1.30 bits per heavy atom. The highest BCUT2D eigenvalue weighted by molar-refractivity contribution is 5.88. The minimum absolute atomic E-state index is 0.0396. The van der Waals surface area contributed by atoms with Crippen LogP contribution in [-0.2, 0) is 9.59 Å². The fourth-order valence-electron chi connectivity index (χ4n) is 4.49. The van der Waals surface area contributed by atoms with Crippen molar-refractivity contribution in [1.29, 1.82) is 0 Å². The Labute approximate surface area is 180 Å². The molecule has 0 aromatic heterocycles. The summed E-state index contributed by atoms with van der Waals surface area (Å²) >= 11 is 0. The van der Waals surface area contributed by atoms with Crippen molar-refractivity contribution in [3.63, 3.8) is 0 Å². The molecule has 0 unspecified atom stereocenters. The third-order valence-corrected chi connectivity index (χ3v) is 6.18. The third-order valence-electron chi connectivity index (χ3n) is 6.18. The summed E-state index contributed by atoms with van der Waals surface area (Å²) in [6.45, 7) is 2.67. The van der Waals surface area contributed by atoms with Gasteiger partial charge in [-0.1, -0.05) is 56.0 Å². The van der Waals surface area contributed by atoms with E-state index in [4.69, 9.17) is 4.74 Å². The summed E-state index contributed by atoms with van der Waals surface area (Å²) in [4.78, 5) is 26.9. The Morgan fingerprint density at radius 2 is 2.10 bits per heavy atom. The van der Waals surface area contributed by atoms with Gasteiger partial charge in [-0.3, -0.25) is 14.5 Å². The van der Waals surface area contributed by atoms with E-state index in [-0.39, 0.29) is 18.2 Å². The van der Waals surface area contributed by atoms with E-state index in [2.05, 4.69) is 15.5 Å². The number of nitrogens with one attached hydrogen (secondary N) is 2. The van der Waals surface area contributed by atoms with Crippen LogP contribution in [0, 0.1) is 5.92 Å². The predicted molar refractivity (Wildman–Crippen MR) is 119 cm³/mol. The number of para-hydroxylation sites is 1. The van der Waals surface area contributed by atoms with Crippen LogP contribution >= 0.6 is 0 Å². The molecule has 164 valence electrons. The quantitative estimate of drug-likeness (QED) is 0.579. The zero-order chi connectivity index (χ0) is 21.2. The number of amides is 2. The summed E-state index contributed by atoms with van der Waals surface area (Å²) < 4.78 is 5.38. The van der Waals surface area contributed by atoms with E-state index < -0.39 is 6.04 Å². The van der Waals surface area contributed by atoms with Gasteiger partial charge in [0.2, 0.25) is 11.8 Å². The van der Waals surface area contributed by atoms with Gasteiger partial charge in [-0.15, -0.1) is 0 Å². The Hall–Kier alpha value is -2.34. The molecule has 1 aliphatic heterocycles. The maximum absolute atomic E-state index is 12.4. The number of carbonyl (C=O) groups excluding carboxylic acids is 2. The lowest BCUT2D eigenvalue weighted by molar-refractivity contribution is -0.133. The van der Waals surface area contributed by atoms with Crippen molar-refractivity contribution in [2.24, 2.45) is 5.92 Å². The number of ether oxygens (including phenoxy) is 1. The minimum Gasteiger partial charge on any atom is -0.496 e. The Morgan fingerprint density at radius 3 is 2.90 bits per heavy atom. The topological polar surface area (TPSA) is 70.7 Å². The van der Waals surface area contributed by atoms with E-state index in [1.54, 1.807) is 7.11 Å². The summed E-state index contributed by atoms with van der Waals surface area (Å²) in [6.07, 6.45) is 11.9. The van der Waals surface area contributed by atoms with Crippen molar-refractivity contribution in [1.82, 2.24) is 15.5 Å². The molecule has 6 nitrogen and oxygen atoms in total. The highest BCUT2D eigenvalue weighted by atomic mass is 16.5. The molecule has 2 amide bonds. The molecule has 2 fully saturated rings. The van der Waals surface area contributed by atoms with Crippen molar-refractivity contribution >= 4 is 17.9 Å². The van der Waals surface area contributed by atoms with Crippen LogP contribution in [0.3, 0.4) is 0 Å². The molecule has 1 atom stereocenters. The van der Waals surface area contributed by atoms with Crippen LogP contribution in [-0.4, -0.2) is 56.0 Å². The summed E-state index contributed by atoms with van der Waals surface area (Å²) in [5, 5.41) is 5.91. The van der Waals surface area contributed by atoms with Crippen molar-refractivity contribution in [3.05, 3.63) is 35.9 Å². The van der Waals surface area contributed by atoms with Gasteiger partial charge in [0.15, 0.2) is 0 Å². The van der Waals surface area contributed by atoms with Crippen molar-refractivity contribution in [2.75, 3.05) is 33.3 Å². The number of methoxy groups -OCH3 is 1. The monoisotopic (exact) mass is 413 g/mol. The van der Waals surface area contributed by atoms with Gasteiger partial charge in [-0.25, -0.2) is 0 Å². The predicted octanol–water partition coefficient (Wildman–Crippen LogP) is 2.99. The Bertz CT molecular complexity index is 728. The molecule has 3 rings (SSSR count). The summed E-state index contributed by atoms with van der Waals surface area (Å²) in [5.41, 5.74) is 0.998. The van der Waals surface area contributed by atoms with Gasteiger partial charge in [0, 0.05) is 31.7 Å². The minimum atomic E-state index is -0.420. The van der Waals surface area contributed by atoms with Crippen LogP contribution in [0.1, 0.15) is 50.5 Å². The molecule has 30 heavy (non-hydrogen) atoms. The molecule has 2 aliphatic rings. The second kappa shape index (κ2) is 11.7. The van der Waals surface area contributed by atoms with Crippen LogP contribution in [0.4, 0.5) is 0 Å². The van der Waals surface area contributed by atoms with Crippen LogP contribution in [0.5, 0.6) is 5.75 Å². The van der Waals surface area contributed by atoms with Gasteiger partial charge in [0.1, 0.15) is 5.75 Å². The average Bonchev–Trinajstić information content (AvgIpc) is 3.27. The van der Waals surface area contributed by atoms with Crippen LogP contribution < -0.4 is 15.4 Å². The standard InChI is InChI=1S/C24H35N3O3/c1-30-22-13-5-4-11-20(22)12-7-16-27-17-15-26-24(29)21(27)18-23(28)25-14-6-10-19-8-2-3-9-19/h4-5,7,11-13,19,21H,2-3,6,8-10,14-18H2,1H3,(H,25,28)(H,26,29)/b12-7+/t21-/m1/s1. The number of rotatable bonds is 10. The SMILES string of the molecule is COc1ccccc1/C=C/CN1CCNC(=O)[C@H]1CC(=O)NCCCC1CCCC1. The Kier molecular flexibility index (Phi) is 8.75. The second-order valence-corrected chi connectivity index (χ2v) is 8.29. The molecule has 1 aromatic carbocycles. The second-order valence-electron chi connectivity index (χ2n) is 8.29. The fraction of sp³-hybridized carbons (Fsp3) is 0.583. The lowest BCUT2D eigenvalue weighted by atomic mass is 10.0. The lowest BCUT2D eigenvalue weighted by Crippen LogP contribution is -2.56. The van der Waals surface area contributed by atoms with Gasteiger partial charge in [0.05, 0.1) is 19.6 Å².